The molecule has 6 heteroatoms. The fraction of sp³-hybridized carbons (Fsp3) is 0.562. The van der Waals surface area contributed by atoms with Gasteiger partial charge in [0.1, 0.15) is 0 Å². The van der Waals surface area contributed by atoms with Gasteiger partial charge in [-0.25, -0.2) is 0 Å². The maximum absolute atomic E-state index is 10.6. The fourth-order valence-corrected chi connectivity index (χ4v) is 2.77. The Morgan fingerprint density at radius 3 is 2.45 bits per heavy atom. The van der Waals surface area contributed by atoms with Gasteiger partial charge < -0.3 is 5.73 Å². The molecule has 1 aromatic rings. The Bertz CT molecular complexity index is 501. The number of aliphatic imine (C=N–C) groups is 1. The van der Waals surface area contributed by atoms with Crippen LogP contribution in [-0.2, 0) is 5.75 Å². The van der Waals surface area contributed by atoms with Crippen molar-refractivity contribution in [1.82, 2.24) is 0 Å². The lowest BCUT2D eigenvalue weighted by atomic mass is 10.0. The van der Waals surface area contributed by atoms with Crippen molar-refractivity contribution in [2.45, 2.75) is 51.8 Å². The highest BCUT2D eigenvalue weighted by molar-refractivity contribution is 8.13. The van der Waals surface area contributed by atoms with Gasteiger partial charge >= 0.3 is 0 Å². The molecule has 0 bridgehead atoms. The molecule has 2 N–H and O–H groups in total. The van der Waals surface area contributed by atoms with Crippen LogP contribution in [0.15, 0.2) is 29.3 Å². The van der Waals surface area contributed by atoms with Crippen molar-refractivity contribution in [2.24, 2.45) is 16.6 Å². The summed E-state index contributed by atoms with van der Waals surface area (Å²) in [6, 6.07) is 6.77. The molecule has 1 aromatic carbocycles. The number of nitrogens with two attached hydrogens (primary N) is 1. The molecule has 1 atom stereocenters. The minimum atomic E-state index is -0.397. The Hall–Kier alpha value is -1.56. The van der Waals surface area contributed by atoms with Crippen LogP contribution in [0.2, 0.25) is 0 Å². The van der Waals surface area contributed by atoms with Gasteiger partial charge in [0, 0.05) is 23.9 Å². The van der Waals surface area contributed by atoms with Crippen LogP contribution in [0.25, 0.3) is 0 Å². The second-order valence-corrected chi connectivity index (χ2v) is 6.85. The number of non-ortho nitro benzene ring substituents is 1. The van der Waals surface area contributed by atoms with E-state index in [2.05, 4.69) is 25.8 Å². The molecule has 0 aliphatic heterocycles. The lowest BCUT2D eigenvalue weighted by Gasteiger charge is -2.09. The van der Waals surface area contributed by atoms with Gasteiger partial charge in [-0.05, 0) is 24.8 Å². The third-order valence-corrected chi connectivity index (χ3v) is 4.16. The van der Waals surface area contributed by atoms with Crippen molar-refractivity contribution in [2.75, 3.05) is 0 Å². The van der Waals surface area contributed by atoms with Gasteiger partial charge in [-0.3, -0.25) is 15.1 Å². The van der Waals surface area contributed by atoms with Crippen molar-refractivity contribution in [3.8, 4) is 0 Å². The summed E-state index contributed by atoms with van der Waals surface area (Å²) < 4.78 is 0. The van der Waals surface area contributed by atoms with E-state index < -0.39 is 4.92 Å². The number of amidine groups is 1. The molecule has 5 nitrogen and oxygen atoms in total. The summed E-state index contributed by atoms with van der Waals surface area (Å²) in [5, 5.41) is 11.2. The molecular weight excluding hydrogens is 298 g/mol. The predicted octanol–water partition coefficient (Wildman–Crippen LogP) is 4.36. The number of thioether (sulfide) groups is 1. The summed E-state index contributed by atoms with van der Waals surface area (Å²) in [5.74, 6) is 1.40. The molecule has 0 saturated carbocycles. The molecule has 1 rings (SSSR count). The predicted molar refractivity (Wildman–Crippen MR) is 94.2 cm³/mol. The number of benzene rings is 1. The smallest absolute Gasteiger partial charge is 0.269 e. The first-order chi connectivity index (χ1) is 10.4. The summed E-state index contributed by atoms with van der Waals surface area (Å²) >= 11 is 1.47. The molecule has 0 fully saturated rings. The summed E-state index contributed by atoms with van der Waals surface area (Å²) in [5.41, 5.74) is 7.04. The van der Waals surface area contributed by atoms with E-state index in [0.717, 1.165) is 17.9 Å². The maximum atomic E-state index is 10.6. The van der Waals surface area contributed by atoms with E-state index in [1.54, 1.807) is 12.1 Å². The van der Waals surface area contributed by atoms with Crippen molar-refractivity contribution in [3.63, 3.8) is 0 Å². The molecular formula is C16H25N3O2S. The highest BCUT2D eigenvalue weighted by Crippen LogP contribution is 2.17. The first-order valence-electron chi connectivity index (χ1n) is 7.58. The van der Waals surface area contributed by atoms with Gasteiger partial charge in [-0.1, -0.05) is 50.6 Å². The van der Waals surface area contributed by atoms with Gasteiger partial charge in [-0.15, -0.1) is 0 Å². The van der Waals surface area contributed by atoms with Gasteiger partial charge in [0.05, 0.1) is 4.92 Å². The van der Waals surface area contributed by atoms with Crippen LogP contribution >= 0.6 is 11.8 Å². The average molecular weight is 323 g/mol. The van der Waals surface area contributed by atoms with Crippen molar-refractivity contribution >= 4 is 22.6 Å². The Labute approximate surface area is 136 Å². The van der Waals surface area contributed by atoms with Gasteiger partial charge in [0.25, 0.3) is 5.69 Å². The van der Waals surface area contributed by atoms with E-state index in [1.807, 2.05) is 0 Å². The quantitative estimate of drug-likeness (QED) is 0.333. The molecule has 0 aliphatic rings. The number of nitro groups is 1. The summed E-state index contributed by atoms with van der Waals surface area (Å²) in [4.78, 5) is 14.7. The third-order valence-electron chi connectivity index (χ3n) is 3.28. The van der Waals surface area contributed by atoms with E-state index >= 15 is 0 Å². The van der Waals surface area contributed by atoms with E-state index in [-0.39, 0.29) is 11.7 Å². The number of hydrogen-bond donors (Lipinski definition) is 1. The topological polar surface area (TPSA) is 81.5 Å². The highest BCUT2D eigenvalue weighted by Gasteiger charge is 2.06. The molecule has 22 heavy (non-hydrogen) atoms. The van der Waals surface area contributed by atoms with Crippen LogP contribution in [0.5, 0.6) is 0 Å². The number of hydrogen-bond acceptors (Lipinski definition) is 4. The summed E-state index contributed by atoms with van der Waals surface area (Å²) in [6.07, 6.45) is 3.44. The van der Waals surface area contributed by atoms with Crippen molar-refractivity contribution in [1.29, 1.82) is 0 Å². The second-order valence-electron chi connectivity index (χ2n) is 5.85. The monoisotopic (exact) mass is 323 g/mol. The van der Waals surface area contributed by atoms with Crippen LogP contribution in [0, 0.1) is 16.0 Å². The van der Waals surface area contributed by atoms with Gasteiger partial charge in [0.15, 0.2) is 5.17 Å². The maximum Gasteiger partial charge on any atom is 0.269 e. The first-order valence-corrected chi connectivity index (χ1v) is 8.56. The van der Waals surface area contributed by atoms with E-state index in [1.165, 1.54) is 36.7 Å². The Morgan fingerprint density at radius 2 is 1.91 bits per heavy atom. The largest absolute Gasteiger partial charge is 0.379 e. The summed E-state index contributed by atoms with van der Waals surface area (Å²) in [7, 11) is 0. The lowest BCUT2D eigenvalue weighted by molar-refractivity contribution is -0.384. The van der Waals surface area contributed by atoms with Crippen LogP contribution in [0.1, 0.15) is 45.6 Å². The zero-order valence-corrected chi connectivity index (χ0v) is 14.3. The standard InChI is InChI=1S/C16H25N3O2S/c1-12(2)5-4-6-13(3)18-16(17)22-11-14-7-9-15(10-8-14)19(20)21/h7-10,12-13H,4-6,11H2,1-3H3,(H2,17,18)/t13-/m0/s1. The fourth-order valence-electron chi connectivity index (χ4n) is 2.01. The number of rotatable bonds is 8. The van der Waals surface area contributed by atoms with Crippen LogP contribution in [0.4, 0.5) is 5.69 Å². The van der Waals surface area contributed by atoms with Gasteiger partial charge in [-0.2, -0.15) is 0 Å². The molecule has 0 amide bonds. The second kappa shape index (κ2) is 9.46. The van der Waals surface area contributed by atoms with Crippen LogP contribution < -0.4 is 5.73 Å². The zero-order valence-electron chi connectivity index (χ0n) is 13.5. The normalized spacial score (nSPS) is 13.4. The molecule has 0 aromatic heterocycles. The molecule has 0 saturated heterocycles. The zero-order chi connectivity index (χ0) is 16.5. The highest BCUT2D eigenvalue weighted by atomic mass is 32.2. The van der Waals surface area contributed by atoms with Gasteiger partial charge in [0.2, 0.25) is 0 Å². The molecule has 122 valence electrons. The van der Waals surface area contributed by atoms with E-state index in [0.29, 0.717) is 10.9 Å². The minimum Gasteiger partial charge on any atom is -0.379 e. The van der Waals surface area contributed by atoms with Crippen LogP contribution in [-0.4, -0.2) is 16.1 Å². The Kier molecular flexibility index (Phi) is 7.95. The van der Waals surface area contributed by atoms with E-state index in [9.17, 15) is 10.1 Å². The van der Waals surface area contributed by atoms with Crippen molar-refractivity contribution in [3.05, 3.63) is 39.9 Å². The third kappa shape index (κ3) is 7.45. The van der Waals surface area contributed by atoms with Crippen LogP contribution in [0.3, 0.4) is 0 Å². The lowest BCUT2D eigenvalue weighted by Crippen LogP contribution is -2.12. The number of nitro benzene ring substituents is 1. The van der Waals surface area contributed by atoms with Crippen molar-refractivity contribution < 1.29 is 4.92 Å². The molecule has 0 heterocycles. The molecule has 0 unspecified atom stereocenters. The SMILES string of the molecule is CC(C)CCC[C@H](C)N=C(N)SCc1ccc([N+](=O)[O-])cc1. The minimum absolute atomic E-state index is 0.106. The Morgan fingerprint density at radius 1 is 1.27 bits per heavy atom. The first kappa shape index (κ1) is 18.5. The summed E-state index contributed by atoms with van der Waals surface area (Å²) in [6.45, 7) is 6.53. The number of nitrogens with zero attached hydrogens (tertiary/aromatic N) is 2. The average Bonchev–Trinajstić information content (AvgIpc) is 2.45. The Balaban J connectivity index is 2.39. The molecule has 0 radical (unpaired) electrons. The molecule has 0 spiro atoms. The van der Waals surface area contributed by atoms with E-state index in [4.69, 9.17) is 5.73 Å². The molecule has 0 aliphatic carbocycles.